The molecule has 2 rings (SSSR count). The van der Waals surface area contributed by atoms with Crippen LogP contribution in [0.1, 0.15) is 27.3 Å². The van der Waals surface area contributed by atoms with Crippen molar-refractivity contribution < 1.29 is 14.4 Å². The topological polar surface area (TPSA) is 114 Å². The van der Waals surface area contributed by atoms with Crippen molar-refractivity contribution in [1.82, 2.24) is 10.3 Å². The second-order valence-corrected chi connectivity index (χ2v) is 7.02. The third-order valence-corrected chi connectivity index (χ3v) is 4.50. The Balaban J connectivity index is 2.08. The predicted molar refractivity (Wildman–Crippen MR) is 107 cm³/mol. The van der Waals surface area contributed by atoms with E-state index in [1.54, 1.807) is 30.0 Å². The maximum atomic E-state index is 12.6. The number of anilines is 1. The molecule has 142 valence electrons. The minimum atomic E-state index is -0.749. The number of hydrogen-bond donors (Lipinski definition) is 3. The molecular weight excluding hydrogens is 388 g/mol. The fourth-order valence-corrected chi connectivity index (χ4v) is 2.84. The lowest BCUT2D eigenvalue weighted by atomic mass is 10.1. The predicted octanol–water partition coefficient (Wildman–Crippen LogP) is 2.32. The summed E-state index contributed by atoms with van der Waals surface area (Å²) in [7, 11) is 0. The van der Waals surface area contributed by atoms with Crippen LogP contribution in [0.3, 0.4) is 0 Å². The number of aromatic nitrogens is 1. The first-order valence-electron chi connectivity index (χ1n) is 8.03. The van der Waals surface area contributed by atoms with Gasteiger partial charge in [0.25, 0.3) is 5.91 Å². The summed E-state index contributed by atoms with van der Waals surface area (Å²) in [5.41, 5.74) is 6.17. The number of thioether (sulfide) groups is 1. The number of primary amides is 1. The summed E-state index contributed by atoms with van der Waals surface area (Å²) in [4.78, 5) is 40.1. The lowest BCUT2D eigenvalue weighted by Crippen LogP contribution is -2.44. The average molecular weight is 407 g/mol. The molecule has 7 nitrogen and oxygen atoms in total. The highest BCUT2D eigenvalue weighted by Crippen LogP contribution is 2.12. The van der Waals surface area contributed by atoms with Gasteiger partial charge < -0.3 is 16.4 Å². The van der Waals surface area contributed by atoms with E-state index in [0.717, 1.165) is 0 Å². The van der Waals surface area contributed by atoms with Gasteiger partial charge in [-0.3, -0.25) is 19.4 Å². The fraction of sp³-hybridized carbons (Fsp3) is 0.222. The maximum Gasteiger partial charge on any atom is 0.270 e. The van der Waals surface area contributed by atoms with Gasteiger partial charge in [-0.25, -0.2) is 0 Å². The molecule has 9 heteroatoms. The van der Waals surface area contributed by atoms with Crippen molar-refractivity contribution in [2.75, 3.05) is 17.3 Å². The van der Waals surface area contributed by atoms with Crippen LogP contribution in [0.4, 0.5) is 5.69 Å². The molecule has 1 heterocycles. The third-order valence-electron chi connectivity index (χ3n) is 3.62. The smallest absolute Gasteiger partial charge is 0.270 e. The summed E-state index contributed by atoms with van der Waals surface area (Å²) in [5, 5.41) is 5.79. The van der Waals surface area contributed by atoms with Crippen molar-refractivity contribution in [3.63, 3.8) is 0 Å². The van der Waals surface area contributed by atoms with Crippen LogP contribution in [0.15, 0.2) is 42.6 Å². The number of carbonyl (C=O) groups excluding carboxylic acids is 3. The van der Waals surface area contributed by atoms with Gasteiger partial charge in [0, 0.05) is 22.5 Å². The third kappa shape index (κ3) is 6.26. The first kappa shape index (κ1) is 20.7. The quantitative estimate of drug-likeness (QED) is 0.622. The van der Waals surface area contributed by atoms with Gasteiger partial charge in [0.05, 0.1) is 0 Å². The van der Waals surface area contributed by atoms with Crippen LogP contribution in [-0.4, -0.2) is 40.8 Å². The fourth-order valence-electron chi connectivity index (χ4n) is 2.21. The molecule has 27 heavy (non-hydrogen) atoms. The first-order valence-corrected chi connectivity index (χ1v) is 9.80. The van der Waals surface area contributed by atoms with E-state index in [4.69, 9.17) is 17.3 Å². The summed E-state index contributed by atoms with van der Waals surface area (Å²) in [5.74, 6) is -0.719. The van der Waals surface area contributed by atoms with Crippen molar-refractivity contribution >= 4 is 46.8 Å². The van der Waals surface area contributed by atoms with Crippen LogP contribution in [0, 0.1) is 0 Å². The number of halogens is 1. The lowest BCUT2D eigenvalue weighted by molar-refractivity contribution is -0.118. The van der Waals surface area contributed by atoms with Gasteiger partial charge >= 0.3 is 0 Å². The van der Waals surface area contributed by atoms with Crippen molar-refractivity contribution in [3.8, 4) is 0 Å². The van der Waals surface area contributed by atoms with Crippen LogP contribution in [0.25, 0.3) is 0 Å². The molecule has 4 N–H and O–H groups in total. The Hall–Kier alpha value is -2.58. The van der Waals surface area contributed by atoms with Crippen LogP contribution in [0.5, 0.6) is 0 Å². The Labute approximate surface area is 166 Å². The summed E-state index contributed by atoms with van der Waals surface area (Å²) < 4.78 is 0. The number of rotatable bonds is 8. The lowest BCUT2D eigenvalue weighted by Gasteiger charge is -2.18. The Morgan fingerprint density at radius 1 is 1.22 bits per heavy atom. The molecule has 0 spiro atoms. The molecule has 1 unspecified atom stereocenters. The number of pyridine rings is 1. The Morgan fingerprint density at radius 3 is 2.52 bits per heavy atom. The summed E-state index contributed by atoms with van der Waals surface area (Å²) in [6, 6.07) is 8.43. The van der Waals surface area contributed by atoms with Gasteiger partial charge in [-0.2, -0.15) is 11.8 Å². The minimum Gasteiger partial charge on any atom is -0.366 e. The van der Waals surface area contributed by atoms with Crippen molar-refractivity contribution in [2.24, 2.45) is 5.73 Å². The highest BCUT2D eigenvalue weighted by Gasteiger charge is 2.22. The standard InChI is InChI=1S/C18H19ClN4O3S/c1-27-9-7-14(23-18(26)15-10-12(19)6-8-21-15)17(25)22-13-4-2-11(3-5-13)16(20)24/h2-6,8,10,14H,7,9H2,1H3,(H2,20,24)(H,22,25)(H,23,26). The molecule has 2 aromatic rings. The molecular formula is C18H19ClN4O3S. The number of benzene rings is 1. The van der Waals surface area contributed by atoms with Gasteiger partial charge in [0.2, 0.25) is 11.8 Å². The highest BCUT2D eigenvalue weighted by molar-refractivity contribution is 7.98. The number of nitrogens with two attached hydrogens (primary N) is 1. The molecule has 0 aliphatic heterocycles. The molecule has 0 fully saturated rings. The van der Waals surface area contributed by atoms with Gasteiger partial charge in [-0.05, 0) is 54.8 Å². The molecule has 1 aromatic heterocycles. The van der Waals surface area contributed by atoms with E-state index in [9.17, 15) is 14.4 Å². The minimum absolute atomic E-state index is 0.135. The zero-order valence-corrected chi connectivity index (χ0v) is 16.1. The first-order chi connectivity index (χ1) is 12.9. The Morgan fingerprint density at radius 2 is 1.93 bits per heavy atom. The van der Waals surface area contributed by atoms with Crippen molar-refractivity contribution in [1.29, 1.82) is 0 Å². The maximum absolute atomic E-state index is 12.6. The van der Waals surface area contributed by atoms with Crippen molar-refractivity contribution in [2.45, 2.75) is 12.5 Å². The van der Waals surface area contributed by atoms with Crippen LogP contribution in [0.2, 0.25) is 5.02 Å². The zero-order valence-electron chi connectivity index (χ0n) is 14.6. The van der Waals surface area contributed by atoms with Gasteiger partial charge in [-0.1, -0.05) is 11.6 Å². The molecule has 0 saturated heterocycles. The molecule has 0 aliphatic carbocycles. The number of hydrogen-bond acceptors (Lipinski definition) is 5. The molecule has 0 radical (unpaired) electrons. The Kier molecular flexibility index (Phi) is 7.63. The SMILES string of the molecule is CSCCC(NC(=O)c1cc(Cl)ccn1)C(=O)Nc1ccc(C(N)=O)cc1. The van der Waals surface area contributed by atoms with Crippen LogP contribution in [-0.2, 0) is 4.79 Å². The van der Waals surface area contributed by atoms with E-state index in [1.165, 1.54) is 24.4 Å². The zero-order chi connectivity index (χ0) is 19.8. The molecule has 1 aromatic carbocycles. The van der Waals surface area contributed by atoms with Gasteiger partial charge in [-0.15, -0.1) is 0 Å². The average Bonchev–Trinajstić information content (AvgIpc) is 2.65. The summed E-state index contributed by atoms with van der Waals surface area (Å²) >= 11 is 7.44. The van der Waals surface area contributed by atoms with Crippen LogP contribution >= 0.6 is 23.4 Å². The van der Waals surface area contributed by atoms with E-state index in [-0.39, 0.29) is 11.6 Å². The number of carbonyl (C=O) groups is 3. The second-order valence-electron chi connectivity index (χ2n) is 5.60. The van der Waals surface area contributed by atoms with E-state index in [1.807, 2.05) is 6.26 Å². The van der Waals surface area contributed by atoms with E-state index < -0.39 is 17.9 Å². The summed E-state index contributed by atoms with van der Waals surface area (Å²) in [6.07, 6.45) is 3.78. The summed E-state index contributed by atoms with van der Waals surface area (Å²) in [6.45, 7) is 0. The van der Waals surface area contributed by atoms with E-state index >= 15 is 0 Å². The van der Waals surface area contributed by atoms with Crippen molar-refractivity contribution in [3.05, 3.63) is 58.9 Å². The molecule has 0 aliphatic rings. The number of nitrogens with zero attached hydrogens (tertiary/aromatic N) is 1. The molecule has 1 atom stereocenters. The number of amides is 3. The molecule has 0 saturated carbocycles. The largest absolute Gasteiger partial charge is 0.366 e. The van der Waals surface area contributed by atoms with Gasteiger partial charge in [0.15, 0.2) is 0 Å². The normalized spacial score (nSPS) is 11.5. The number of nitrogens with one attached hydrogen (secondary N) is 2. The molecule has 0 bridgehead atoms. The Bertz CT molecular complexity index is 830. The van der Waals surface area contributed by atoms with E-state index in [2.05, 4.69) is 15.6 Å². The van der Waals surface area contributed by atoms with Crippen LogP contribution < -0.4 is 16.4 Å². The second kappa shape index (κ2) is 9.94. The highest BCUT2D eigenvalue weighted by atomic mass is 35.5. The molecule has 3 amide bonds. The van der Waals surface area contributed by atoms with Gasteiger partial charge in [0.1, 0.15) is 11.7 Å². The van der Waals surface area contributed by atoms with E-state index in [0.29, 0.717) is 28.4 Å². The monoisotopic (exact) mass is 406 g/mol.